The van der Waals surface area contributed by atoms with E-state index in [2.05, 4.69) is 0 Å². The van der Waals surface area contributed by atoms with Crippen molar-refractivity contribution >= 4 is 0 Å². The van der Waals surface area contributed by atoms with Crippen molar-refractivity contribution in [2.45, 2.75) is 39.4 Å². The van der Waals surface area contributed by atoms with E-state index in [9.17, 15) is 18.3 Å². The van der Waals surface area contributed by atoms with Gasteiger partial charge in [0.1, 0.15) is 18.2 Å². The summed E-state index contributed by atoms with van der Waals surface area (Å²) in [5.74, 6) is -2.37. The minimum absolute atomic E-state index is 0.0132. The Morgan fingerprint density at radius 3 is 2.26 bits per heavy atom. The zero-order valence-corrected chi connectivity index (χ0v) is 17.5. The number of rotatable bonds is 9. The molecule has 0 aliphatic heterocycles. The quantitative estimate of drug-likeness (QED) is 0.417. The standard InChI is InChI=1S/C25H25F3O3/c1-3-5-22(29)20-12-13-23(25(28)24(20)27)31-15-16-6-8-17(9-7-16)19-11-10-18(30-4-2)14-21(19)26/h6-14,22,29H,3-5,15H2,1-2H3. The van der Waals surface area contributed by atoms with E-state index < -0.39 is 23.6 Å². The first-order valence-electron chi connectivity index (χ1n) is 10.2. The molecule has 0 aliphatic carbocycles. The zero-order valence-electron chi connectivity index (χ0n) is 17.5. The van der Waals surface area contributed by atoms with Gasteiger partial charge in [-0.1, -0.05) is 37.6 Å². The molecule has 1 unspecified atom stereocenters. The first kappa shape index (κ1) is 22.7. The van der Waals surface area contributed by atoms with Crippen molar-refractivity contribution < 1.29 is 27.8 Å². The molecule has 6 heteroatoms. The predicted octanol–water partition coefficient (Wildman–Crippen LogP) is 6.58. The lowest BCUT2D eigenvalue weighted by atomic mass is 10.0. The van der Waals surface area contributed by atoms with Gasteiger partial charge in [0.05, 0.1) is 12.7 Å². The van der Waals surface area contributed by atoms with Crippen LogP contribution >= 0.6 is 0 Å². The van der Waals surface area contributed by atoms with Crippen LogP contribution in [0, 0.1) is 17.5 Å². The van der Waals surface area contributed by atoms with E-state index in [1.54, 1.807) is 36.4 Å². The van der Waals surface area contributed by atoms with E-state index in [4.69, 9.17) is 9.47 Å². The van der Waals surface area contributed by atoms with Gasteiger partial charge in [-0.25, -0.2) is 8.78 Å². The molecular weight excluding hydrogens is 405 g/mol. The molecule has 3 aromatic rings. The molecule has 0 saturated heterocycles. The van der Waals surface area contributed by atoms with Crippen molar-refractivity contribution in [3.05, 3.63) is 83.2 Å². The minimum Gasteiger partial charge on any atom is -0.494 e. The van der Waals surface area contributed by atoms with Crippen molar-refractivity contribution in [1.82, 2.24) is 0 Å². The third-order valence-corrected chi connectivity index (χ3v) is 4.91. The number of halogens is 3. The molecule has 0 spiro atoms. The molecule has 1 N–H and O–H groups in total. The van der Waals surface area contributed by atoms with Gasteiger partial charge in [-0.15, -0.1) is 0 Å². The molecule has 31 heavy (non-hydrogen) atoms. The van der Waals surface area contributed by atoms with Crippen LogP contribution in [0.3, 0.4) is 0 Å². The van der Waals surface area contributed by atoms with Crippen molar-refractivity contribution in [3.63, 3.8) is 0 Å². The van der Waals surface area contributed by atoms with Crippen LogP contribution in [0.5, 0.6) is 11.5 Å². The summed E-state index contributed by atoms with van der Waals surface area (Å²) in [6.45, 7) is 4.15. The Balaban J connectivity index is 1.69. The van der Waals surface area contributed by atoms with Gasteiger partial charge in [0, 0.05) is 17.2 Å². The van der Waals surface area contributed by atoms with Gasteiger partial charge in [0.15, 0.2) is 11.6 Å². The van der Waals surface area contributed by atoms with Gasteiger partial charge < -0.3 is 14.6 Å². The van der Waals surface area contributed by atoms with Crippen LogP contribution < -0.4 is 9.47 Å². The summed E-state index contributed by atoms with van der Waals surface area (Å²) in [4.78, 5) is 0. The number of hydrogen-bond acceptors (Lipinski definition) is 3. The normalized spacial score (nSPS) is 11.9. The van der Waals surface area contributed by atoms with Crippen LogP contribution in [-0.4, -0.2) is 11.7 Å². The molecular formula is C25H25F3O3. The molecule has 3 aromatic carbocycles. The zero-order chi connectivity index (χ0) is 22.4. The maximum atomic E-state index is 14.3. The lowest BCUT2D eigenvalue weighted by Crippen LogP contribution is -2.05. The molecule has 1 atom stereocenters. The van der Waals surface area contributed by atoms with E-state index in [0.29, 0.717) is 41.9 Å². The van der Waals surface area contributed by atoms with Crippen molar-refractivity contribution in [3.8, 4) is 22.6 Å². The first-order valence-corrected chi connectivity index (χ1v) is 10.2. The summed E-state index contributed by atoms with van der Waals surface area (Å²) in [5.41, 5.74) is 1.75. The third kappa shape index (κ3) is 5.39. The van der Waals surface area contributed by atoms with Crippen LogP contribution in [0.2, 0.25) is 0 Å². The fourth-order valence-corrected chi connectivity index (χ4v) is 3.27. The van der Waals surface area contributed by atoms with E-state index in [1.165, 1.54) is 18.2 Å². The molecule has 0 heterocycles. The summed E-state index contributed by atoms with van der Waals surface area (Å²) < 4.78 is 53.6. The Morgan fingerprint density at radius 1 is 0.871 bits per heavy atom. The number of aliphatic hydroxyl groups is 1. The highest BCUT2D eigenvalue weighted by molar-refractivity contribution is 5.65. The fraction of sp³-hybridized carbons (Fsp3) is 0.280. The molecule has 3 nitrogen and oxygen atoms in total. The lowest BCUT2D eigenvalue weighted by Gasteiger charge is -2.14. The van der Waals surface area contributed by atoms with Gasteiger partial charge in [-0.05, 0) is 48.7 Å². The summed E-state index contributed by atoms with van der Waals surface area (Å²) in [7, 11) is 0. The number of benzene rings is 3. The van der Waals surface area contributed by atoms with Gasteiger partial charge in [-0.2, -0.15) is 4.39 Å². The summed E-state index contributed by atoms with van der Waals surface area (Å²) in [6.07, 6.45) is -0.0568. The Labute approximate surface area is 180 Å². The molecule has 0 fully saturated rings. The highest BCUT2D eigenvalue weighted by atomic mass is 19.2. The molecule has 0 radical (unpaired) electrons. The fourth-order valence-electron chi connectivity index (χ4n) is 3.27. The highest BCUT2D eigenvalue weighted by Gasteiger charge is 2.19. The maximum absolute atomic E-state index is 14.3. The smallest absolute Gasteiger partial charge is 0.201 e. The van der Waals surface area contributed by atoms with Crippen LogP contribution in [0.15, 0.2) is 54.6 Å². The second-order valence-corrected chi connectivity index (χ2v) is 7.15. The SMILES string of the molecule is CCCC(O)c1ccc(OCc2ccc(-c3ccc(OCC)cc3F)cc2)c(F)c1F. The molecule has 0 saturated carbocycles. The van der Waals surface area contributed by atoms with Gasteiger partial charge in [-0.3, -0.25) is 0 Å². The summed E-state index contributed by atoms with van der Waals surface area (Å²) >= 11 is 0. The largest absolute Gasteiger partial charge is 0.494 e. The van der Waals surface area contributed by atoms with Crippen LogP contribution in [0.1, 0.15) is 43.9 Å². The van der Waals surface area contributed by atoms with E-state index in [1.807, 2.05) is 13.8 Å². The van der Waals surface area contributed by atoms with Crippen LogP contribution in [0.4, 0.5) is 13.2 Å². The number of aliphatic hydroxyl groups excluding tert-OH is 1. The topological polar surface area (TPSA) is 38.7 Å². The molecule has 3 rings (SSSR count). The minimum atomic E-state index is -1.12. The number of hydrogen-bond donors (Lipinski definition) is 1. The van der Waals surface area contributed by atoms with E-state index in [-0.39, 0.29) is 17.9 Å². The number of ether oxygens (including phenoxy) is 2. The maximum Gasteiger partial charge on any atom is 0.201 e. The molecule has 0 bridgehead atoms. The van der Waals surface area contributed by atoms with Gasteiger partial charge in [0.25, 0.3) is 0 Å². The van der Waals surface area contributed by atoms with Crippen LogP contribution in [-0.2, 0) is 6.61 Å². The van der Waals surface area contributed by atoms with Crippen molar-refractivity contribution in [2.24, 2.45) is 0 Å². The van der Waals surface area contributed by atoms with Gasteiger partial charge in [0.2, 0.25) is 5.82 Å². The van der Waals surface area contributed by atoms with Crippen molar-refractivity contribution in [2.75, 3.05) is 6.61 Å². The van der Waals surface area contributed by atoms with E-state index in [0.717, 1.165) is 0 Å². The third-order valence-electron chi connectivity index (χ3n) is 4.91. The monoisotopic (exact) mass is 430 g/mol. The average Bonchev–Trinajstić information content (AvgIpc) is 2.76. The Morgan fingerprint density at radius 2 is 1.61 bits per heavy atom. The Hall–Kier alpha value is -2.99. The summed E-state index contributed by atoms with van der Waals surface area (Å²) in [5, 5.41) is 9.92. The van der Waals surface area contributed by atoms with Crippen molar-refractivity contribution in [1.29, 1.82) is 0 Å². The summed E-state index contributed by atoms with van der Waals surface area (Å²) in [6, 6.07) is 14.3. The average molecular weight is 430 g/mol. The molecule has 0 amide bonds. The second-order valence-electron chi connectivity index (χ2n) is 7.15. The van der Waals surface area contributed by atoms with E-state index >= 15 is 0 Å². The Kier molecular flexibility index (Phi) is 7.58. The second kappa shape index (κ2) is 10.4. The predicted molar refractivity (Wildman–Crippen MR) is 114 cm³/mol. The van der Waals surface area contributed by atoms with Crippen LogP contribution in [0.25, 0.3) is 11.1 Å². The molecule has 0 aliphatic rings. The highest BCUT2D eigenvalue weighted by Crippen LogP contribution is 2.30. The Bertz CT molecular complexity index is 1020. The first-order chi connectivity index (χ1) is 14.9. The van der Waals surface area contributed by atoms with Gasteiger partial charge >= 0.3 is 0 Å². The molecule has 0 aromatic heterocycles. The molecule has 164 valence electrons. The lowest BCUT2D eigenvalue weighted by molar-refractivity contribution is 0.160.